The lowest BCUT2D eigenvalue weighted by molar-refractivity contribution is 0.0313. The number of amides is 1. The summed E-state index contributed by atoms with van der Waals surface area (Å²) in [7, 11) is 0.806. The summed E-state index contributed by atoms with van der Waals surface area (Å²) >= 11 is 0. The van der Waals surface area contributed by atoms with Crippen molar-refractivity contribution in [3.05, 3.63) is 29.8 Å². The van der Waals surface area contributed by atoms with E-state index in [1.165, 1.54) is 6.26 Å². The fourth-order valence-corrected chi connectivity index (χ4v) is 5.24. The summed E-state index contributed by atoms with van der Waals surface area (Å²) in [4.78, 5) is 19.2. The zero-order valence-electron chi connectivity index (χ0n) is 17.4. The number of carbonyl (C=O) groups is 1. The molecule has 156 valence electrons. The van der Waals surface area contributed by atoms with E-state index < -0.39 is 10.0 Å². The minimum atomic E-state index is -3.15. The van der Waals surface area contributed by atoms with Crippen LogP contribution in [0.5, 0.6) is 0 Å². The molecule has 0 radical (unpaired) electrons. The molecule has 0 bridgehead atoms. The summed E-state index contributed by atoms with van der Waals surface area (Å²) in [6.45, 7) is 6.20. The van der Waals surface area contributed by atoms with Crippen LogP contribution in [-0.2, 0) is 10.0 Å². The van der Waals surface area contributed by atoms with E-state index in [1.54, 1.807) is 4.31 Å². The minimum Gasteiger partial charge on any atom is -0.378 e. The van der Waals surface area contributed by atoms with Crippen LogP contribution in [0.2, 0.25) is 0 Å². The third-order valence-corrected chi connectivity index (χ3v) is 7.54. The van der Waals surface area contributed by atoms with E-state index in [0.717, 1.165) is 31.6 Å². The zero-order valence-corrected chi connectivity index (χ0v) is 18.2. The summed E-state index contributed by atoms with van der Waals surface area (Å²) in [5.41, 5.74) is 1.68. The first kappa shape index (κ1) is 21.1. The van der Waals surface area contributed by atoms with Crippen molar-refractivity contribution in [2.75, 3.05) is 64.5 Å². The zero-order chi connectivity index (χ0) is 20.5. The number of anilines is 1. The standard InChI is InChI=1S/C20H32N4O3S/c1-5-20(10-11-24(16-20)28(4,26)27)23-14-12-22(13-15-23)19(25)17-6-8-18(9-7-17)21(2)3/h6-9H,5,10-16H2,1-4H3/t20-/m0/s1. The van der Waals surface area contributed by atoms with E-state index in [9.17, 15) is 13.2 Å². The lowest BCUT2D eigenvalue weighted by atomic mass is 9.92. The Morgan fingerprint density at radius 3 is 2.14 bits per heavy atom. The van der Waals surface area contributed by atoms with Crippen LogP contribution in [-0.4, -0.2) is 93.6 Å². The third kappa shape index (κ3) is 4.18. The molecule has 2 saturated heterocycles. The highest BCUT2D eigenvalue weighted by Gasteiger charge is 2.45. The molecule has 0 aromatic heterocycles. The van der Waals surface area contributed by atoms with Gasteiger partial charge in [0.05, 0.1) is 6.26 Å². The van der Waals surface area contributed by atoms with Crippen LogP contribution in [0.25, 0.3) is 0 Å². The predicted molar refractivity (Wildman–Crippen MR) is 112 cm³/mol. The van der Waals surface area contributed by atoms with Gasteiger partial charge in [-0.1, -0.05) is 6.92 Å². The van der Waals surface area contributed by atoms with Crippen molar-refractivity contribution in [1.82, 2.24) is 14.1 Å². The highest BCUT2D eigenvalue weighted by Crippen LogP contribution is 2.33. The molecule has 1 aromatic rings. The van der Waals surface area contributed by atoms with Gasteiger partial charge >= 0.3 is 0 Å². The van der Waals surface area contributed by atoms with Crippen LogP contribution in [0, 0.1) is 0 Å². The minimum absolute atomic E-state index is 0.0692. The van der Waals surface area contributed by atoms with Gasteiger partial charge in [0.2, 0.25) is 10.0 Å². The van der Waals surface area contributed by atoms with Crippen molar-refractivity contribution >= 4 is 21.6 Å². The number of carbonyl (C=O) groups excluding carboxylic acids is 1. The second-order valence-electron chi connectivity index (χ2n) is 8.14. The number of hydrogen-bond donors (Lipinski definition) is 0. The van der Waals surface area contributed by atoms with E-state index in [2.05, 4.69) is 11.8 Å². The molecule has 7 nitrogen and oxygen atoms in total. The van der Waals surface area contributed by atoms with Gasteiger partial charge in [0.15, 0.2) is 0 Å². The maximum Gasteiger partial charge on any atom is 0.253 e. The molecule has 2 fully saturated rings. The number of benzene rings is 1. The maximum absolute atomic E-state index is 12.8. The molecule has 3 rings (SSSR count). The molecule has 2 aliphatic rings. The van der Waals surface area contributed by atoms with Crippen molar-refractivity contribution in [2.45, 2.75) is 25.3 Å². The molecule has 1 aromatic carbocycles. The van der Waals surface area contributed by atoms with Gasteiger partial charge in [0.1, 0.15) is 0 Å². The van der Waals surface area contributed by atoms with E-state index >= 15 is 0 Å². The third-order valence-electron chi connectivity index (χ3n) is 6.29. The lowest BCUT2D eigenvalue weighted by Gasteiger charge is -2.45. The van der Waals surface area contributed by atoms with Crippen LogP contribution >= 0.6 is 0 Å². The van der Waals surface area contributed by atoms with Crippen LogP contribution in [0.15, 0.2) is 24.3 Å². The number of piperazine rings is 1. The van der Waals surface area contributed by atoms with Crippen LogP contribution < -0.4 is 4.90 Å². The smallest absolute Gasteiger partial charge is 0.253 e. The Morgan fingerprint density at radius 2 is 1.68 bits per heavy atom. The van der Waals surface area contributed by atoms with Crippen LogP contribution in [0.3, 0.4) is 0 Å². The second-order valence-corrected chi connectivity index (χ2v) is 10.1. The monoisotopic (exact) mass is 408 g/mol. The average molecular weight is 409 g/mol. The van der Waals surface area contributed by atoms with Crippen molar-refractivity contribution in [3.63, 3.8) is 0 Å². The molecule has 0 unspecified atom stereocenters. The van der Waals surface area contributed by atoms with Gasteiger partial charge in [0.25, 0.3) is 5.91 Å². The molecule has 2 aliphatic heterocycles. The highest BCUT2D eigenvalue weighted by atomic mass is 32.2. The molecule has 1 amide bonds. The first-order valence-electron chi connectivity index (χ1n) is 9.93. The quantitative estimate of drug-likeness (QED) is 0.735. The topological polar surface area (TPSA) is 64.2 Å². The molecular weight excluding hydrogens is 376 g/mol. The summed E-state index contributed by atoms with van der Waals surface area (Å²) < 4.78 is 25.5. The lowest BCUT2D eigenvalue weighted by Crippen LogP contribution is -2.59. The molecule has 0 saturated carbocycles. The van der Waals surface area contributed by atoms with Crippen molar-refractivity contribution in [2.24, 2.45) is 0 Å². The Bertz CT molecular complexity index is 801. The van der Waals surface area contributed by atoms with Gasteiger partial charge in [0, 0.05) is 70.2 Å². The maximum atomic E-state index is 12.8. The van der Waals surface area contributed by atoms with Gasteiger partial charge in [-0.15, -0.1) is 0 Å². The fourth-order valence-electron chi connectivity index (χ4n) is 4.34. The van der Waals surface area contributed by atoms with Gasteiger partial charge in [-0.25, -0.2) is 12.7 Å². The summed E-state index contributed by atoms with van der Waals surface area (Å²) in [5, 5.41) is 0. The largest absolute Gasteiger partial charge is 0.378 e. The van der Waals surface area contributed by atoms with Crippen molar-refractivity contribution in [1.29, 1.82) is 0 Å². The Balaban J connectivity index is 1.63. The highest BCUT2D eigenvalue weighted by molar-refractivity contribution is 7.88. The fraction of sp³-hybridized carbons (Fsp3) is 0.650. The summed E-state index contributed by atoms with van der Waals surface area (Å²) in [6, 6.07) is 7.71. The number of nitrogens with zero attached hydrogens (tertiary/aromatic N) is 4. The van der Waals surface area contributed by atoms with E-state index in [-0.39, 0.29) is 11.4 Å². The Morgan fingerprint density at radius 1 is 1.07 bits per heavy atom. The van der Waals surface area contributed by atoms with Crippen molar-refractivity contribution in [3.8, 4) is 0 Å². The van der Waals surface area contributed by atoms with E-state index in [1.807, 2.05) is 48.2 Å². The molecule has 28 heavy (non-hydrogen) atoms. The van der Waals surface area contributed by atoms with Gasteiger partial charge in [-0.05, 0) is 37.1 Å². The Kier molecular flexibility index (Phi) is 6.03. The number of hydrogen-bond acceptors (Lipinski definition) is 5. The SMILES string of the molecule is CC[C@]1(N2CCN(C(=O)c3ccc(N(C)C)cc3)CC2)CCN(S(C)(=O)=O)C1. The first-order chi connectivity index (χ1) is 13.2. The molecule has 0 N–H and O–H groups in total. The Hall–Kier alpha value is -1.64. The van der Waals surface area contributed by atoms with E-state index in [4.69, 9.17) is 0 Å². The molecule has 1 atom stereocenters. The molecule has 0 spiro atoms. The van der Waals surface area contributed by atoms with Gasteiger partial charge in [-0.2, -0.15) is 0 Å². The van der Waals surface area contributed by atoms with Crippen LogP contribution in [0.4, 0.5) is 5.69 Å². The summed E-state index contributed by atoms with van der Waals surface area (Å²) in [6.07, 6.45) is 3.06. The molecule has 2 heterocycles. The predicted octanol–water partition coefficient (Wildman–Crippen LogP) is 1.32. The second kappa shape index (κ2) is 8.00. The normalized spacial score (nSPS) is 24.5. The molecule has 0 aliphatic carbocycles. The van der Waals surface area contributed by atoms with E-state index in [0.29, 0.717) is 31.7 Å². The Labute approximate surface area is 168 Å². The van der Waals surface area contributed by atoms with Gasteiger partial charge < -0.3 is 9.80 Å². The first-order valence-corrected chi connectivity index (χ1v) is 11.8. The van der Waals surface area contributed by atoms with Gasteiger partial charge in [-0.3, -0.25) is 9.69 Å². The number of rotatable bonds is 5. The molecular formula is C20H32N4O3S. The molecule has 8 heteroatoms. The number of sulfonamides is 1. The average Bonchev–Trinajstić information content (AvgIpc) is 3.14. The summed E-state index contributed by atoms with van der Waals surface area (Å²) in [5.74, 6) is 0.0692. The van der Waals surface area contributed by atoms with Crippen molar-refractivity contribution < 1.29 is 13.2 Å². The van der Waals surface area contributed by atoms with Crippen LogP contribution in [0.1, 0.15) is 30.1 Å².